The fourth-order valence-electron chi connectivity index (χ4n) is 0.746. The topological polar surface area (TPSA) is 69.6 Å². The summed E-state index contributed by atoms with van der Waals surface area (Å²) in [6.45, 7) is 0.927. The van der Waals surface area contributed by atoms with Crippen molar-refractivity contribution in [3.63, 3.8) is 0 Å². The third kappa shape index (κ3) is 5.77. The second-order valence-corrected chi connectivity index (χ2v) is 2.61. The van der Waals surface area contributed by atoms with Crippen molar-refractivity contribution in [2.45, 2.75) is 0 Å². The molecular formula is C10H14FNO3. The number of aliphatic hydroxyl groups is 1. The highest BCUT2D eigenvalue weighted by atomic mass is 19.1. The molecule has 0 heterocycles. The summed E-state index contributed by atoms with van der Waals surface area (Å²) < 4.78 is 12.5. The molecule has 0 aromatic heterocycles. The van der Waals surface area contributed by atoms with Crippen molar-refractivity contribution in [1.82, 2.24) is 5.32 Å². The van der Waals surface area contributed by atoms with Gasteiger partial charge in [-0.1, -0.05) is 12.1 Å². The van der Waals surface area contributed by atoms with E-state index in [1.54, 1.807) is 7.05 Å². The molecule has 0 saturated carbocycles. The quantitative estimate of drug-likeness (QED) is 0.695. The van der Waals surface area contributed by atoms with Gasteiger partial charge in [0.1, 0.15) is 5.82 Å². The van der Waals surface area contributed by atoms with Crippen molar-refractivity contribution in [3.05, 3.63) is 35.6 Å². The van der Waals surface area contributed by atoms with Crippen LogP contribution in [0.25, 0.3) is 0 Å². The smallest absolute Gasteiger partial charge is 0.338 e. The van der Waals surface area contributed by atoms with Crippen molar-refractivity contribution in [1.29, 1.82) is 0 Å². The van der Waals surface area contributed by atoms with Crippen molar-refractivity contribution in [2.24, 2.45) is 0 Å². The molecule has 0 aliphatic rings. The van der Waals surface area contributed by atoms with Crippen molar-refractivity contribution >= 4 is 5.97 Å². The summed E-state index contributed by atoms with van der Waals surface area (Å²) in [4.78, 5) is 10.2. The highest BCUT2D eigenvalue weighted by molar-refractivity contribution is 5.87. The SMILES string of the molecule is CNCCO.O=C(O)c1ccccc1F. The average Bonchev–Trinajstić information content (AvgIpc) is 2.20. The zero-order valence-electron chi connectivity index (χ0n) is 8.40. The summed E-state index contributed by atoms with van der Waals surface area (Å²) in [5.41, 5.74) is -0.289. The second kappa shape index (κ2) is 7.90. The number of likely N-dealkylation sites (N-methyl/N-ethyl adjacent to an activating group) is 1. The maximum Gasteiger partial charge on any atom is 0.338 e. The molecule has 5 heteroatoms. The molecule has 3 N–H and O–H groups in total. The first kappa shape index (κ1) is 13.5. The van der Waals surface area contributed by atoms with Crippen LogP contribution in [0, 0.1) is 5.82 Å². The molecule has 0 aliphatic heterocycles. The van der Waals surface area contributed by atoms with Crippen LogP contribution in [0.5, 0.6) is 0 Å². The Labute approximate surface area is 87.4 Å². The van der Waals surface area contributed by atoms with Gasteiger partial charge in [-0.2, -0.15) is 0 Å². The number of halogens is 1. The van der Waals surface area contributed by atoms with Gasteiger partial charge in [-0.15, -0.1) is 0 Å². The Morgan fingerprint density at radius 1 is 1.47 bits per heavy atom. The van der Waals surface area contributed by atoms with Crippen LogP contribution in [0.2, 0.25) is 0 Å². The Bertz CT molecular complexity index is 302. The predicted molar refractivity (Wildman–Crippen MR) is 54.4 cm³/mol. The van der Waals surface area contributed by atoms with Crippen molar-refractivity contribution in [3.8, 4) is 0 Å². The van der Waals surface area contributed by atoms with Crippen LogP contribution < -0.4 is 5.32 Å². The second-order valence-electron chi connectivity index (χ2n) is 2.61. The van der Waals surface area contributed by atoms with Gasteiger partial charge in [0, 0.05) is 6.54 Å². The molecule has 0 radical (unpaired) electrons. The van der Waals surface area contributed by atoms with Gasteiger partial charge in [0.2, 0.25) is 0 Å². The van der Waals surface area contributed by atoms with E-state index in [4.69, 9.17) is 10.2 Å². The maximum atomic E-state index is 12.5. The highest BCUT2D eigenvalue weighted by Crippen LogP contribution is 2.04. The number of carboxylic acid groups (broad SMARTS) is 1. The molecule has 1 aromatic carbocycles. The lowest BCUT2D eigenvalue weighted by Gasteiger charge is -1.92. The van der Waals surface area contributed by atoms with Crippen LogP contribution in [-0.4, -0.2) is 36.4 Å². The first-order valence-corrected chi connectivity index (χ1v) is 4.36. The largest absolute Gasteiger partial charge is 0.478 e. The lowest BCUT2D eigenvalue weighted by Crippen LogP contribution is -2.10. The molecule has 1 rings (SSSR count). The van der Waals surface area contributed by atoms with Gasteiger partial charge < -0.3 is 15.5 Å². The number of aliphatic hydroxyl groups excluding tert-OH is 1. The zero-order chi connectivity index (χ0) is 11.7. The Hall–Kier alpha value is -1.46. The van der Waals surface area contributed by atoms with Crippen LogP contribution in [0.3, 0.4) is 0 Å². The van der Waals surface area contributed by atoms with E-state index in [-0.39, 0.29) is 12.2 Å². The highest BCUT2D eigenvalue weighted by Gasteiger charge is 2.06. The fourth-order valence-corrected chi connectivity index (χ4v) is 0.746. The van der Waals surface area contributed by atoms with Gasteiger partial charge in [0.15, 0.2) is 0 Å². The summed E-state index contributed by atoms with van der Waals surface area (Å²) in [6.07, 6.45) is 0. The number of rotatable bonds is 3. The minimum atomic E-state index is -1.24. The Kier molecular flexibility index (Phi) is 7.13. The van der Waals surface area contributed by atoms with Crippen molar-refractivity contribution < 1.29 is 19.4 Å². The van der Waals surface area contributed by atoms with Crippen LogP contribution in [-0.2, 0) is 0 Å². The van der Waals surface area contributed by atoms with Crippen LogP contribution in [0.15, 0.2) is 24.3 Å². The number of nitrogens with one attached hydrogen (secondary N) is 1. The maximum absolute atomic E-state index is 12.5. The van der Waals surface area contributed by atoms with Gasteiger partial charge in [0.05, 0.1) is 12.2 Å². The third-order valence-corrected chi connectivity index (χ3v) is 1.47. The Morgan fingerprint density at radius 3 is 2.33 bits per heavy atom. The van der Waals surface area contributed by atoms with E-state index in [9.17, 15) is 9.18 Å². The van der Waals surface area contributed by atoms with Gasteiger partial charge in [0.25, 0.3) is 0 Å². The van der Waals surface area contributed by atoms with E-state index in [0.29, 0.717) is 6.54 Å². The molecule has 1 aromatic rings. The third-order valence-electron chi connectivity index (χ3n) is 1.47. The van der Waals surface area contributed by atoms with Gasteiger partial charge >= 0.3 is 5.97 Å². The minimum Gasteiger partial charge on any atom is -0.478 e. The molecule has 0 unspecified atom stereocenters. The molecular weight excluding hydrogens is 201 g/mol. The number of hydrogen-bond donors (Lipinski definition) is 3. The first-order chi connectivity index (χ1) is 7.13. The van der Waals surface area contributed by atoms with E-state index in [2.05, 4.69) is 5.32 Å². The fraction of sp³-hybridized carbons (Fsp3) is 0.300. The predicted octanol–water partition coefficient (Wildman–Crippen LogP) is 0.722. The molecule has 84 valence electrons. The van der Waals surface area contributed by atoms with E-state index < -0.39 is 11.8 Å². The molecule has 0 bridgehead atoms. The Balaban J connectivity index is 0.000000336. The van der Waals surface area contributed by atoms with E-state index in [1.165, 1.54) is 18.2 Å². The molecule has 0 amide bonds. The van der Waals surface area contributed by atoms with Crippen molar-refractivity contribution in [2.75, 3.05) is 20.2 Å². The summed E-state index contributed by atoms with van der Waals surface area (Å²) in [6, 6.07) is 5.26. The lowest BCUT2D eigenvalue weighted by atomic mass is 10.2. The number of carboxylic acids is 1. The summed E-state index contributed by atoms with van der Waals surface area (Å²) >= 11 is 0. The van der Waals surface area contributed by atoms with E-state index in [1.807, 2.05) is 0 Å². The molecule has 15 heavy (non-hydrogen) atoms. The first-order valence-electron chi connectivity index (χ1n) is 4.36. The average molecular weight is 215 g/mol. The normalized spacial score (nSPS) is 9.00. The monoisotopic (exact) mass is 215 g/mol. The number of aromatic carboxylic acids is 1. The summed E-state index contributed by atoms with van der Waals surface area (Å²) in [5.74, 6) is -1.94. The number of hydrogen-bond acceptors (Lipinski definition) is 3. The lowest BCUT2D eigenvalue weighted by molar-refractivity contribution is 0.0692. The molecule has 0 spiro atoms. The van der Waals surface area contributed by atoms with E-state index >= 15 is 0 Å². The number of benzene rings is 1. The molecule has 0 aliphatic carbocycles. The van der Waals surface area contributed by atoms with Gasteiger partial charge in [-0.3, -0.25) is 0 Å². The molecule has 4 nitrogen and oxygen atoms in total. The summed E-state index contributed by atoms with van der Waals surface area (Å²) in [5, 5.41) is 19.1. The molecule has 0 atom stereocenters. The van der Waals surface area contributed by atoms with Gasteiger partial charge in [-0.05, 0) is 19.2 Å². The van der Waals surface area contributed by atoms with Gasteiger partial charge in [-0.25, -0.2) is 9.18 Å². The van der Waals surface area contributed by atoms with Crippen LogP contribution >= 0.6 is 0 Å². The standard InChI is InChI=1S/C7H5FO2.C3H9NO/c8-6-4-2-1-3-5(6)7(9)10;1-4-2-3-5/h1-4H,(H,9,10);4-5H,2-3H2,1H3. The summed E-state index contributed by atoms with van der Waals surface area (Å²) in [7, 11) is 1.80. The van der Waals surface area contributed by atoms with E-state index in [0.717, 1.165) is 6.07 Å². The number of carbonyl (C=O) groups is 1. The van der Waals surface area contributed by atoms with Crippen LogP contribution in [0.1, 0.15) is 10.4 Å². The van der Waals surface area contributed by atoms with Crippen LogP contribution in [0.4, 0.5) is 4.39 Å². The minimum absolute atomic E-state index is 0.233. The Morgan fingerprint density at radius 2 is 2.07 bits per heavy atom. The molecule has 0 fully saturated rings. The molecule has 0 saturated heterocycles. The zero-order valence-corrected chi connectivity index (χ0v) is 8.40.